The van der Waals surface area contributed by atoms with Crippen LogP contribution in [0.4, 0.5) is 0 Å². The lowest BCUT2D eigenvalue weighted by molar-refractivity contribution is -0.133. The molecule has 0 aliphatic carbocycles. The van der Waals surface area contributed by atoms with Gasteiger partial charge in [-0.1, -0.05) is 0 Å². The Morgan fingerprint density at radius 3 is 2.36 bits per heavy atom. The number of carbonyl (C=O) groups excluding carboxylic acids is 1. The van der Waals surface area contributed by atoms with Crippen LogP contribution in [0.1, 0.15) is 12.8 Å². The molecule has 0 aromatic rings. The molecule has 1 aliphatic heterocycles. The minimum absolute atomic E-state index is 0.00963. The second kappa shape index (κ2) is 5.32. The first kappa shape index (κ1) is 11.5. The molecular formula is C10H19N2O2. The molecule has 1 aliphatic rings. The second-order valence-electron chi connectivity index (χ2n) is 4.23. The number of likely N-dealkylation sites (N-methyl/N-ethyl adjacent to an activating group) is 1. The average Bonchev–Trinajstić information content (AvgIpc) is 2.17. The van der Waals surface area contributed by atoms with Gasteiger partial charge in [0.25, 0.3) is 0 Å². The first-order chi connectivity index (χ1) is 6.63. The van der Waals surface area contributed by atoms with Crippen molar-refractivity contribution in [2.45, 2.75) is 12.8 Å². The number of rotatable bonds is 3. The molecule has 0 aromatic carbocycles. The third-order valence-electron chi connectivity index (χ3n) is 2.65. The maximum absolute atomic E-state index is 11.6. The molecule has 1 radical (unpaired) electrons. The zero-order valence-electron chi connectivity index (χ0n) is 9.03. The number of amides is 1. The number of likely N-dealkylation sites (tertiary alicyclic amines) is 1. The molecule has 1 rings (SSSR count). The molecule has 1 saturated heterocycles. The van der Waals surface area contributed by atoms with E-state index in [2.05, 4.69) is 0 Å². The summed E-state index contributed by atoms with van der Waals surface area (Å²) >= 11 is 0. The summed E-state index contributed by atoms with van der Waals surface area (Å²) in [5.74, 6) is 0.470. The van der Waals surface area contributed by atoms with Crippen LogP contribution in [0.5, 0.6) is 0 Å². The largest absolute Gasteiger partial charge is 0.342 e. The van der Waals surface area contributed by atoms with Crippen molar-refractivity contribution in [3.8, 4) is 0 Å². The van der Waals surface area contributed by atoms with Crippen molar-refractivity contribution in [3.05, 3.63) is 0 Å². The van der Waals surface area contributed by atoms with Gasteiger partial charge < -0.3 is 9.80 Å². The van der Waals surface area contributed by atoms with Gasteiger partial charge in [0, 0.05) is 13.1 Å². The Bertz CT molecular complexity index is 187. The van der Waals surface area contributed by atoms with Gasteiger partial charge in [-0.15, -0.1) is 0 Å². The SMILES string of the molecule is CN(C)CC(=O)N1CCC(C[O])CC1. The zero-order valence-corrected chi connectivity index (χ0v) is 9.03. The molecule has 0 bridgehead atoms. The Morgan fingerprint density at radius 2 is 1.93 bits per heavy atom. The van der Waals surface area contributed by atoms with Gasteiger partial charge in [0.2, 0.25) is 5.91 Å². The minimum atomic E-state index is 0.00963. The smallest absolute Gasteiger partial charge is 0.236 e. The summed E-state index contributed by atoms with van der Waals surface area (Å²) in [7, 11) is 3.78. The standard InChI is InChI=1S/C10H19N2O2/c1-11(2)7-10(14)12-5-3-9(8-13)4-6-12/h9H,3-8H2,1-2H3. The van der Waals surface area contributed by atoms with Crippen LogP contribution in [-0.4, -0.2) is 56.0 Å². The first-order valence-electron chi connectivity index (χ1n) is 5.14. The number of piperidine rings is 1. The minimum Gasteiger partial charge on any atom is -0.342 e. The van der Waals surface area contributed by atoms with Crippen LogP contribution in [0.25, 0.3) is 0 Å². The van der Waals surface area contributed by atoms with Gasteiger partial charge in [0.05, 0.1) is 13.2 Å². The van der Waals surface area contributed by atoms with Gasteiger partial charge in [-0.05, 0) is 32.9 Å². The molecule has 0 unspecified atom stereocenters. The number of nitrogens with zero attached hydrogens (tertiary/aromatic N) is 2. The van der Waals surface area contributed by atoms with E-state index in [1.807, 2.05) is 23.9 Å². The van der Waals surface area contributed by atoms with Gasteiger partial charge in [-0.25, -0.2) is 5.11 Å². The molecule has 0 spiro atoms. The highest BCUT2D eigenvalue weighted by Gasteiger charge is 2.22. The van der Waals surface area contributed by atoms with E-state index in [0.29, 0.717) is 12.5 Å². The Labute approximate surface area is 85.5 Å². The molecule has 0 atom stereocenters. The maximum Gasteiger partial charge on any atom is 0.236 e. The molecule has 1 heterocycles. The number of carbonyl (C=O) groups is 1. The highest BCUT2D eigenvalue weighted by Crippen LogP contribution is 2.16. The molecule has 14 heavy (non-hydrogen) atoms. The van der Waals surface area contributed by atoms with Crippen molar-refractivity contribution in [2.24, 2.45) is 5.92 Å². The van der Waals surface area contributed by atoms with E-state index in [4.69, 9.17) is 0 Å². The molecular weight excluding hydrogens is 180 g/mol. The lowest BCUT2D eigenvalue weighted by atomic mass is 9.98. The molecule has 4 nitrogen and oxygen atoms in total. The van der Waals surface area contributed by atoms with Gasteiger partial charge in [-0.2, -0.15) is 0 Å². The Balaban J connectivity index is 2.30. The van der Waals surface area contributed by atoms with E-state index < -0.39 is 0 Å². The van der Waals surface area contributed by atoms with Crippen LogP contribution in [0.15, 0.2) is 0 Å². The Kier molecular flexibility index (Phi) is 4.35. The summed E-state index contributed by atoms with van der Waals surface area (Å²) in [6.45, 7) is 2.01. The van der Waals surface area contributed by atoms with E-state index in [1.54, 1.807) is 0 Å². The van der Waals surface area contributed by atoms with Crippen LogP contribution in [0, 0.1) is 5.92 Å². The fraction of sp³-hybridized carbons (Fsp3) is 0.900. The van der Waals surface area contributed by atoms with Crippen molar-refractivity contribution in [3.63, 3.8) is 0 Å². The van der Waals surface area contributed by atoms with E-state index in [-0.39, 0.29) is 12.5 Å². The quantitative estimate of drug-likeness (QED) is 0.652. The molecule has 1 fully saturated rings. The van der Waals surface area contributed by atoms with Crippen LogP contribution >= 0.6 is 0 Å². The molecule has 1 amide bonds. The van der Waals surface area contributed by atoms with Crippen molar-refractivity contribution in [1.29, 1.82) is 0 Å². The van der Waals surface area contributed by atoms with Gasteiger partial charge >= 0.3 is 0 Å². The average molecular weight is 199 g/mol. The van der Waals surface area contributed by atoms with E-state index in [0.717, 1.165) is 25.9 Å². The van der Waals surface area contributed by atoms with Crippen LogP contribution in [0.3, 0.4) is 0 Å². The monoisotopic (exact) mass is 199 g/mol. The highest BCUT2D eigenvalue weighted by atomic mass is 16.3. The van der Waals surface area contributed by atoms with E-state index >= 15 is 0 Å². The summed E-state index contributed by atoms with van der Waals surface area (Å²) in [6.07, 6.45) is 1.76. The fourth-order valence-corrected chi connectivity index (χ4v) is 1.72. The third-order valence-corrected chi connectivity index (χ3v) is 2.65. The van der Waals surface area contributed by atoms with Crippen molar-refractivity contribution >= 4 is 5.91 Å². The lowest BCUT2D eigenvalue weighted by Crippen LogP contribution is -2.43. The topological polar surface area (TPSA) is 43.5 Å². The normalized spacial score (nSPS) is 19.0. The van der Waals surface area contributed by atoms with Gasteiger partial charge in [0.1, 0.15) is 0 Å². The van der Waals surface area contributed by atoms with E-state index in [9.17, 15) is 9.90 Å². The molecule has 0 saturated carbocycles. The van der Waals surface area contributed by atoms with Crippen LogP contribution in [0.2, 0.25) is 0 Å². The summed E-state index contributed by atoms with van der Waals surface area (Å²) in [5, 5.41) is 10.6. The lowest BCUT2D eigenvalue weighted by Gasteiger charge is -2.31. The molecule has 4 heteroatoms. The zero-order chi connectivity index (χ0) is 10.6. The van der Waals surface area contributed by atoms with Gasteiger partial charge in [0.15, 0.2) is 0 Å². The predicted molar refractivity (Wildman–Crippen MR) is 53.4 cm³/mol. The highest BCUT2D eigenvalue weighted by molar-refractivity contribution is 5.78. The number of hydrogen-bond acceptors (Lipinski definition) is 2. The van der Waals surface area contributed by atoms with E-state index in [1.165, 1.54) is 0 Å². The van der Waals surface area contributed by atoms with Gasteiger partial charge in [-0.3, -0.25) is 4.79 Å². The maximum atomic E-state index is 11.6. The first-order valence-corrected chi connectivity index (χ1v) is 5.14. The summed E-state index contributed by atoms with van der Waals surface area (Å²) in [6, 6.07) is 0. The van der Waals surface area contributed by atoms with Crippen LogP contribution < -0.4 is 0 Å². The van der Waals surface area contributed by atoms with Crippen LogP contribution in [-0.2, 0) is 9.90 Å². The Hall–Kier alpha value is -0.610. The summed E-state index contributed by atoms with van der Waals surface area (Å²) in [4.78, 5) is 15.4. The summed E-state index contributed by atoms with van der Waals surface area (Å²) in [5.41, 5.74) is 0. The molecule has 81 valence electrons. The van der Waals surface area contributed by atoms with Crippen molar-refractivity contribution < 1.29 is 9.90 Å². The summed E-state index contributed by atoms with van der Waals surface area (Å²) < 4.78 is 0. The predicted octanol–water partition coefficient (Wildman–Crippen LogP) is 0.217. The fourth-order valence-electron chi connectivity index (χ4n) is 1.72. The molecule has 0 aromatic heterocycles. The Morgan fingerprint density at radius 1 is 1.36 bits per heavy atom. The van der Waals surface area contributed by atoms with Crippen molar-refractivity contribution in [2.75, 3.05) is 40.3 Å². The number of hydrogen-bond donors (Lipinski definition) is 0. The second-order valence-corrected chi connectivity index (χ2v) is 4.23. The third kappa shape index (κ3) is 3.27. The van der Waals surface area contributed by atoms with Crippen molar-refractivity contribution in [1.82, 2.24) is 9.80 Å². The molecule has 0 N–H and O–H groups in total.